The minimum absolute atomic E-state index is 0.0305. The number of nitrogens with zero attached hydrogens (tertiary/aromatic N) is 1. The number of likely N-dealkylation sites (tertiary alicyclic amines) is 1. The monoisotopic (exact) mass is 275 g/mol. The van der Waals surface area contributed by atoms with Gasteiger partial charge in [-0.25, -0.2) is 4.79 Å². The second-order valence-electron chi connectivity index (χ2n) is 4.96. The van der Waals surface area contributed by atoms with Crippen molar-refractivity contribution in [3.8, 4) is 0 Å². The molecule has 1 aliphatic rings. The topological polar surface area (TPSA) is 61.4 Å². The number of urea groups is 1. The van der Waals surface area contributed by atoms with Gasteiger partial charge in [-0.15, -0.1) is 0 Å². The first-order chi connectivity index (χ1) is 9.70. The molecule has 2 rings (SSSR count). The van der Waals surface area contributed by atoms with Crippen LogP contribution in [-0.4, -0.2) is 42.5 Å². The Morgan fingerprint density at radius 1 is 1.30 bits per heavy atom. The number of piperidine rings is 1. The molecule has 3 amide bonds. The maximum atomic E-state index is 12.4. The lowest BCUT2D eigenvalue weighted by Crippen LogP contribution is -2.51. The molecular formula is C15H21N3O2. The van der Waals surface area contributed by atoms with Crippen molar-refractivity contribution < 1.29 is 9.59 Å². The van der Waals surface area contributed by atoms with Crippen LogP contribution in [0, 0.1) is 0 Å². The maximum Gasteiger partial charge on any atom is 0.315 e. The van der Waals surface area contributed by atoms with Gasteiger partial charge in [-0.3, -0.25) is 4.79 Å². The third kappa shape index (κ3) is 3.73. The van der Waals surface area contributed by atoms with Gasteiger partial charge in [-0.1, -0.05) is 18.2 Å². The summed E-state index contributed by atoms with van der Waals surface area (Å²) in [7, 11) is 0. The van der Waals surface area contributed by atoms with E-state index in [0.717, 1.165) is 19.4 Å². The van der Waals surface area contributed by atoms with Crippen LogP contribution in [0.2, 0.25) is 0 Å². The van der Waals surface area contributed by atoms with E-state index in [9.17, 15) is 9.59 Å². The highest BCUT2D eigenvalue weighted by Crippen LogP contribution is 2.13. The first-order valence-corrected chi connectivity index (χ1v) is 7.09. The molecule has 1 atom stereocenters. The predicted octanol–water partition coefficient (Wildman–Crippen LogP) is 1.61. The Bertz CT molecular complexity index is 461. The summed E-state index contributed by atoms with van der Waals surface area (Å²) in [5.41, 5.74) is 0.700. The number of carbonyl (C=O) groups excluding carboxylic acids is 2. The molecule has 0 saturated carbocycles. The predicted molar refractivity (Wildman–Crippen MR) is 77.6 cm³/mol. The molecule has 1 aromatic rings. The van der Waals surface area contributed by atoms with E-state index in [-0.39, 0.29) is 18.0 Å². The minimum Gasteiger partial charge on any atom is -0.338 e. The molecule has 1 fully saturated rings. The summed E-state index contributed by atoms with van der Waals surface area (Å²) >= 11 is 0. The van der Waals surface area contributed by atoms with E-state index in [2.05, 4.69) is 10.6 Å². The van der Waals surface area contributed by atoms with Crippen molar-refractivity contribution in [1.82, 2.24) is 15.5 Å². The molecule has 1 aliphatic heterocycles. The first kappa shape index (κ1) is 14.4. The molecule has 2 N–H and O–H groups in total. The highest BCUT2D eigenvalue weighted by Gasteiger charge is 2.25. The van der Waals surface area contributed by atoms with E-state index in [4.69, 9.17) is 0 Å². The van der Waals surface area contributed by atoms with Crippen LogP contribution in [0.4, 0.5) is 4.79 Å². The molecule has 1 saturated heterocycles. The van der Waals surface area contributed by atoms with E-state index < -0.39 is 0 Å². The minimum atomic E-state index is -0.161. The lowest BCUT2D eigenvalue weighted by Gasteiger charge is -2.33. The third-order valence-electron chi connectivity index (χ3n) is 3.40. The number of hydrogen-bond acceptors (Lipinski definition) is 2. The molecule has 108 valence electrons. The molecule has 0 aromatic heterocycles. The van der Waals surface area contributed by atoms with Crippen molar-refractivity contribution in [2.24, 2.45) is 0 Å². The fraction of sp³-hybridized carbons (Fsp3) is 0.467. The summed E-state index contributed by atoms with van der Waals surface area (Å²) in [5, 5.41) is 5.63. The molecule has 1 heterocycles. The van der Waals surface area contributed by atoms with E-state index in [1.165, 1.54) is 0 Å². The third-order valence-corrected chi connectivity index (χ3v) is 3.40. The van der Waals surface area contributed by atoms with Crippen LogP contribution < -0.4 is 10.6 Å². The van der Waals surface area contributed by atoms with Crippen molar-refractivity contribution in [2.45, 2.75) is 25.8 Å². The Hall–Kier alpha value is -2.04. The summed E-state index contributed by atoms with van der Waals surface area (Å²) < 4.78 is 0. The van der Waals surface area contributed by atoms with Crippen LogP contribution in [0.1, 0.15) is 30.1 Å². The second kappa shape index (κ2) is 6.93. The van der Waals surface area contributed by atoms with Gasteiger partial charge in [0.25, 0.3) is 5.91 Å². The number of nitrogens with one attached hydrogen (secondary N) is 2. The molecule has 1 aromatic carbocycles. The van der Waals surface area contributed by atoms with Gasteiger partial charge >= 0.3 is 6.03 Å². The highest BCUT2D eigenvalue weighted by molar-refractivity contribution is 5.94. The first-order valence-electron chi connectivity index (χ1n) is 7.09. The number of amides is 3. The zero-order chi connectivity index (χ0) is 14.4. The molecule has 5 heteroatoms. The lowest BCUT2D eigenvalue weighted by molar-refractivity contribution is 0.0697. The smallest absolute Gasteiger partial charge is 0.315 e. The van der Waals surface area contributed by atoms with E-state index in [0.29, 0.717) is 18.7 Å². The molecule has 0 spiro atoms. The van der Waals surface area contributed by atoms with Crippen molar-refractivity contribution in [2.75, 3.05) is 19.6 Å². The zero-order valence-corrected chi connectivity index (χ0v) is 11.8. The van der Waals surface area contributed by atoms with Crippen LogP contribution in [0.3, 0.4) is 0 Å². The van der Waals surface area contributed by atoms with Gasteiger partial charge in [0.15, 0.2) is 0 Å². The zero-order valence-electron chi connectivity index (χ0n) is 11.8. The van der Waals surface area contributed by atoms with Crippen molar-refractivity contribution in [1.29, 1.82) is 0 Å². The Morgan fingerprint density at radius 3 is 2.75 bits per heavy atom. The molecule has 0 aliphatic carbocycles. The molecule has 1 unspecified atom stereocenters. The Kier molecular flexibility index (Phi) is 4.98. The number of hydrogen-bond donors (Lipinski definition) is 2. The molecule has 0 radical (unpaired) electrons. The molecule has 20 heavy (non-hydrogen) atoms. The normalized spacial score (nSPS) is 18.4. The Balaban J connectivity index is 1.93. The van der Waals surface area contributed by atoms with Crippen LogP contribution in [0.25, 0.3) is 0 Å². The molecular weight excluding hydrogens is 254 g/mol. The van der Waals surface area contributed by atoms with Gasteiger partial charge in [-0.05, 0) is 31.9 Å². The fourth-order valence-electron chi connectivity index (χ4n) is 2.44. The van der Waals surface area contributed by atoms with Gasteiger partial charge in [-0.2, -0.15) is 0 Å². The van der Waals surface area contributed by atoms with Gasteiger partial charge in [0.2, 0.25) is 0 Å². The van der Waals surface area contributed by atoms with Crippen molar-refractivity contribution in [3.63, 3.8) is 0 Å². The number of carbonyl (C=O) groups is 2. The summed E-state index contributed by atoms with van der Waals surface area (Å²) in [4.78, 5) is 25.7. The van der Waals surface area contributed by atoms with Gasteiger partial charge in [0.05, 0.1) is 0 Å². The fourth-order valence-corrected chi connectivity index (χ4v) is 2.44. The van der Waals surface area contributed by atoms with Crippen LogP contribution in [-0.2, 0) is 0 Å². The van der Waals surface area contributed by atoms with Gasteiger partial charge < -0.3 is 15.5 Å². The second-order valence-corrected chi connectivity index (χ2v) is 4.96. The van der Waals surface area contributed by atoms with Gasteiger partial charge in [0.1, 0.15) is 0 Å². The maximum absolute atomic E-state index is 12.4. The summed E-state index contributed by atoms with van der Waals surface area (Å²) in [6, 6.07) is 9.14. The quantitative estimate of drug-likeness (QED) is 0.880. The summed E-state index contributed by atoms with van der Waals surface area (Å²) in [6.45, 7) is 3.81. The number of benzene rings is 1. The lowest BCUT2D eigenvalue weighted by atomic mass is 10.0. The van der Waals surface area contributed by atoms with Crippen molar-refractivity contribution >= 4 is 11.9 Å². The SMILES string of the molecule is CCNC(=O)NC1CCCN(C(=O)c2ccccc2)C1. The van der Waals surface area contributed by atoms with Crippen molar-refractivity contribution in [3.05, 3.63) is 35.9 Å². The highest BCUT2D eigenvalue weighted by atomic mass is 16.2. The van der Waals surface area contributed by atoms with Gasteiger partial charge in [0, 0.05) is 31.2 Å². The van der Waals surface area contributed by atoms with Crippen LogP contribution in [0.15, 0.2) is 30.3 Å². The van der Waals surface area contributed by atoms with E-state index in [1.54, 1.807) is 0 Å². The van der Waals surface area contributed by atoms with Crippen LogP contribution >= 0.6 is 0 Å². The van der Waals surface area contributed by atoms with E-state index >= 15 is 0 Å². The standard InChI is InChI=1S/C15H21N3O2/c1-2-16-15(20)17-13-9-6-10-18(11-13)14(19)12-7-4-3-5-8-12/h3-5,7-8,13H,2,6,9-11H2,1H3,(H2,16,17,20). The Morgan fingerprint density at radius 2 is 2.05 bits per heavy atom. The van der Waals surface area contributed by atoms with E-state index in [1.807, 2.05) is 42.2 Å². The molecule has 5 nitrogen and oxygen atoms in total. The summed E-state index contributed by atoms with van der Waals surface area (Å²) in [6.07, 6.45) is 1.82. The number of rotatable bonds is 3. The summed E-state index contributed by atoms with van der Waals surface area (Å²) in [5.74, 6) is 0.0352. The molecule has 0 bridgehead atoms. The average molecular weight is 275 g/mol. The van der Waals surface area contributed by atoms with Crippen LogP contribution in [0.5, 0.6) is 0 Å². The average Bonchev–Trinajstić information content (AvgIpc) is 2.48. The largest absolute Gasteiger partial charge is 0.338 e. The Labute approximate surface area is 119 Å².